The average molecular weight is 540 g/mol. The first-order valence-electron chi connectivity index (χ1n) is 13.5. The number of nitriles is 1. The minimum absolute atomic E-state index is 0.103. The van der Waals surface area contributed by atoms with Crippen LogP contribution >= 0.6 is 0 Å². The number of likely N-dealkylation sites (tertiary alicyclic amines) is 1. The lowest BCUT2D eigenvalue weighted by Gasteiger charge is -2.35. The van der Waals surface area contributed by atoms with Crippen molar-refractivity contribution in [2.24, 2.45) is 0 Å². The van der Waals surface area contributed by atoms with Crippen LogP contribution in [0.1, 0.15) is 59.2 Å². The minimum atomic E-state index is -1.33. The lowest BCUT2D eigenvalue weighted by Crippen LogP contribution is -2.51. The highest BCUT2D eigenvalue weighted by Crippen LogP contribution is 2.44. The van der Waals surface area contributed by atoms with Crippen LogP contribution in [0.5, 0.6) is 0 Å². The number of ether oxygens (including phenoxy) is 1. The second-order valence-electron chi connectivity index (χ2n) is 10.4. The molecule has 1 heterocycles. The number of hydrogen-bond acceptors (Lipinski definition) is 5. The maximum absolute atomic E-state index is 14.7. The molecule has 3 aromatic rings. The summed E-state index contributed by atoms with van der Waals surface area (Å²) in [6.07, 6.45) is 1.36. The maximum atomic E-state index is 14.7. The van der Waals surface area contributed by atoms with Crippen LogP contribution in [-0.4, -0.2) is 41.4 Å². The number of alkyl halides is 1. The van der Waals surface area contributed by atoms with E-state index in [0.717, 1.165) is 24.0 Å². The highest BCUT2D eigenvalue weighted by molar-refractivity contribution is 6.00. The number of para-hydroxylation sites is 1. The SMILES string of the molecule is N#Cc1ccccc1NC(=O)[C@H]1C[C@@H](F)CN1C(=O)C1(c2ccc(C(=O)OCc3ccccc3)cc2)CCCC1. The molecule has 204 valence electrons. The Bertz CT molecular complexity index is 1430. The topological polar surface area (TPSA) is 99.5 Å². The van der Waals surface area contributed by atoms with Crippen LogP contribution in [0.3, 0.4) is 0 Å². The Morgan fingerprint density at radius 2 is 1.65 bits per heavy atom. The van der Waals surface area contributed by atoms with E-state index in [1.165, 1.54) is 4.90 Å². The van der Waals surface area contributed by atoms with Gasteiger partial charge in [0.1, 0.15) is 24.9 Å². The second kappa shape index (κ2) is 11.7. The number of benzene rings is 3. The molecule has 7 nitrogen and oxygen atoms in total. The van der Waals surface area contributed by atoms with Crippen LogP contribution < -0.4 is 5.32 Å². The van der Waals surface area contributed by atoms with Crippen LogP contribution in [0.2, 0.25) is 0 Å². The van der Waals surface area contributed by atoms with E-state index in [1.54, 1.807) is 48.5 Å². The van der Waals surface area contributed by atoms with Crippen molar-refractivity contribution in [1.29, 1.82) is 5.26 Å². The Balaban J connectivity index is 1.34. The number of amides is 2. The van der Waals surface area contributed by atoms with Gasteiger partial charge in [-0.3, -0.25) is 9.59 Å². The van der Waals surface area contributed by atoms with Gasteiger partial charge in [-0.15, -0.1) is 0 Å². The molecule has 2 aliphatic rings. The Labute approximate surface area is 232 Å². The lowest BCUT2D eigenvalue weighted by atomic mass is 9.77. The summed E-state index contributed by atoms with van der Waals surface area (Å²) in [6.45, 7) is -0.00599. The number of carbonyl (C=O) groups is 3. The molecule has 2 fully saturated rings. The van der Waals surface area contributed by atoms with E-state index in [2.05, 4.69) is 5.32 Å². The number of hydrogen-bond donors (Lipinski definition) is 1. The fraction of sp³-hybridized carbons (Fsp3) is 0.312. The quantitative estimate of drug-likeness (QED) is 0.411. The van der Waals surface area contributed by atoms with Gasteiger partial charge in [-0.05, 0) is 48.2 Å². The summed E-state index contributed by atoms with van der Waals surface area (Å²) in [5.41, 5.74) is 1.71. The summed E-state index contributed by atoms with van der Waals surface area (Å²) in [6, 6.07) is 23.9. The smallest absolute Gasteiger partial charge is 0.338 e. The summed E-state index contributed by atoms with van der Waals surface area (Å²) in [5.74, 6) is -1.25. The molecule has 0 radical (unpaired) electrons. The summed E-state index contributed by atoms with van der Waals surface area (Å²) in [7, 11) is 0. The Morgan fingerprint density at radius 3 is 2.35 bits per heavy atom. The van der Waals surface area contributed by atoms with Gasteiger partial charge in [-0.25, -0.2) is 9.18 Å². The van der Waals surface area contributed by atoms with Gasteiger partial charge in [-0.1, -0.05) is 67.4 Å². The highest BCUT2D eigenvalue weighted by Gasteiger charge is 2.50. The number of anilines is 1. The molecule has 2 atom stereocenters. The van der Waals surface area contributed by atoms with E-state index in [-0.39, 0.29) is 31.0 Å². The first-order chi connectivity index (χ1) is 19.4. The van der Waals surface area contributed by atoms with Crippen molar-refractivity contribution >= 4 is 23.5 Å². The number of carbonyl (C=O) groups excluding carboxylic acids is 3. The first-order valence-corrected chi connectivity index (χ1v) is 13.5. The Morgan fingerprint density at radius 1 is 0.975 bits per heavy atom. The number of rotatable bonds is 7. The molecule has 0 bridgehead atoms. The highest BCUT2D eigenvalue weighted by atomic mass is 19.1. The third kappa shape index (κ3) is 5.46. The Hall–Kier alpha value is -4.51. The van der Waals surface area contributed by atoms with Crippen molar-refractivity contribution in [2.45, 2.75) is 56.3 Å². The molecule has 1 saturated heterocycles. The molecule has 0 aromatic heterocycles. The minimum Gasteiger partial charge on any atom is -0.457 e. The largest absolute Gasteiger partial charge is 0.457 e. The zero-order valence-electron chi connectivity index (χ0n) is 22.0. The fourth-order valence-electron chi connectivity index (χ4n) is 5.77. The molecule has 8 heteroatoms. The average Bonchev–Trinajstić information content (AvgIpc) is 3.64. The van der Waals surface area contributed by atoms with E-state index >= 15 is 0 Å². The van der Waals surface area contributed by atoms with E-state index in [1.807, 2.05) is 36.4 Å². The van der Waals surface area contributed by atoms with Crippen LogP contribution in [0.25, 0.3) is 0 Å². The van der Waals surface area contributed by atoms with Gasteiger partial charge in [0, 0.05) is 6.42 Å². The van der Waals surface area contributed by atoms with Crippen molar-refractivity contribution in [3.8, 4) is 6.07 Å². The van der Waals surface area contributed by atoms with Crippen molar-refractivity contribution in [3.05, 3.63) is 101 Å². The summed E-state index contributed by atoms with van der Waals surface area (Å²) < 4.78 is 20.1. The van der Waals surface area contributed by atoms with Gasteiger partial charge < -0.3 is 15.0 Å². The standard InChI is InChI=1S/C32H30FN3O4/c33-26-18-28(29(37)35-27-11-5-4-10-24(27)19-34)36(20-26)31(39)32(16-6-7-17-32)25-14-12-23(13-15-25)30(38)40-21-22-8-2-1-3-9-22/h1-5,8-15,26,28H,6-7,16-18,20-21H2,(H,35,37)/t26-,28-/m1/s1. The van der Waals surface area contributed by atoms with Gasteiger partial charge in [-0.2, -0.15) is 5.26 Å². The summed E-state index contributed by atoms with van der Waals surface area (Å²) in [5, 5.41) is 12.1. The number of nitrogens with one attached hydrogen (secondary N) is 1. The molecule has 1 saturated carbocycles. The molecular weight excluding hydrogens is 509 g/mol. The molecule has 1 aliphatic carbocycles. The second-order valence-corrected chi connectivity index (χ2v) is 10.4. The van der Waals surface area contributed by atoms with E-state index < -0.39 is 29.5 Å². The maximum Gasteiger partial charge on any atom is 0.338 e. The van der Waals surface area contributed by atoms with Gasteiger partial charge >= 0.3 is 5.97 Å². The van der Waals surface area contributed by atoms with E-state index in [0.29, 0.717) is 24.1 Å². The predicted octanol–water partition coefficient (Wildman–Crippen LogP) is 5.30. The summed E-state index contributed by atoms with van der Waals surface area (Å²) in [4.78, 5) is 41.4. The number of nitrogens with zero attached hydrogens (tertiary/aromatic N) is 2. The molecule has 0 spiro atoms. The van der Waals surface area contributed by atoms with Crippen molar-refractivity contribution in [3.63, 3.8) is 0 Å². The zero-order chi connectivity index (χ0) is 28.1. The van der Waals surface area contributed by atoms with Crippen LogP contribution in [0.4, 0.5) is 10.1 Å². The van der Waals surface area contributed by atoms with Crippen LogP contribution in [0, 0.1) is 11.3 Å². The van der Waals surface area contributed by atoms with E-state index in [4.69, 9.17) is 4.74 Å². The van der Waals surface area contributed by atoms with Crippen LogP contribution in [0.15, 0.2) is 78.9 Å². The van der Waals surface area contributed by atoms with Crippen molar-refractivity contribution in [2.75, 3.05) is 11.9 Å². The van der Waals surface area contributed by atoms with Crippen molar-refractivity contribution in [1.82, 2.24) is 4.90 Å². The molecule has 1 N–H and O–H groups in total. The fourth-order valence-corrected chi connectivity index (χ4v) is 5.77. The van der Waals surface area contributed by atoms with Crippen molar-refractivity contribution < 1.29 is 23.5 Å². The summed E-state index contributed by atoms with van der Waals surface area (Å²) >= 11 is 0. The molecular formula is C32H30FN3O4. The zero-order valence-corrected chi connectivity index (χ0v) is 22.0. The van der Waals surface area contributed by atoms with E-state index in [9.17, 15) is 24.0 Å². The number of halogens is 1. The predicted molar refractivity (Wildman–Crippen MR) is 147 cm³/mol. The van der Waals surface area contributed by atoms with Gasteiger partial charge in [0.15, 0.2) is 0 Å². The third-order valence-corrected chi connectivity index (χ3v) is 7.87. The van der Waals surface area contributed by atoms with Crippen LogP contribution in [-0.2, 0) is 26.3 Å². The lowest BCUT2D eigenvalue weighted by molar-refractivity contribution is -0.141. The number of esters is 1. The van der Waals surface area contributed by atoms with Gasteiger partial charge in [0.25, 0.3) is 0 Å². The third-order valence-electron chi connectivity index (χ3n) is 7.87. The molecule has 0 unspecified atom stereocenters. The molecule has 3 aromatic carbocycles. The molecule has 5 rings (SSSR count). The molecule has 1 aliphatic heterocycles. The molecule has 2 amide bonds. The van der Waals surface area contributed by atoms with Gasteiger partial charge in [0.2, 0.25) is 11.8 Å². The molecule has 40 heavy (non-hydrogen) atoms. The first kappa shape index (κ1) is 27.1. The monoisotopic (exact) mass is 539 g/mol. The normalized spacial score (nSPS) is 19.6. The Kier molecular flexibility index (Phi) is 7.92. The van der Waals surface area contributed by atoms with Gasteiger partial charge in [0.05, 0.1) is 28.8 Å².